The molecule has 0 atom stereocenters. The van der Waals surface area contributed by atoms with E-state index in [1.807, 2.05) is 0 Å². The molecule has 6 nitrogen and oxygen atoms in total. The molecule has 2 aromatic rings. The van der Waals surface area contributed by atoms with Crippen molar-refractivity contribution in [1.82, 2.24) is 14.9 Å². The van der Waals surface area contributed by atoms with Gasteiger partial charge in [-0.15, -0.1) is 0 Å². The number of benzene rings is 1. The Labute approximate surface area is 120 Å². The molecule has 2 rings (SSSR count). The second-order valence-corrected chi connectivity index (χ2v) is 4.29. The fourth-order valence-electron chi connectivity index (χ4n) is 1.37. The van der Waals surface area contributed by atoms with Gasteiger partial charge in [-0.2, -0.15) is 4.98 Å². The van der Waals surface area contributed by atoms with E-state index in [0.717, 1.165) is 6.20 Å². The second kappa shape index (κ2) is 6.56. The first kappa shape index (κ1) is 14.6. The molecule has 0 saturated heterocycles. The summed E-state index contributed by atoms with van der Waals surface area (Å²) in [5.74, 6) is -1.52. The van der Waals surface area contributed by atoms with Crippen molar-refractivity contribution in [3.63, 3.8) is 0 Å². The van der Waals surface area contributed by atoms with Gasteiger partial charge < -0.3 is 9.64 Å². The molecule has 1 aromatic carbocycles. The molecule has 7 heteroatoms. The molecule has 0 amide bonds. The van der Waals surface area contributed by atoms with E-state index >= 15 is 0 Å². The highest BCUT2D eigenvalue weighted by Crippen LogP contribution is 2.16. The summed E-state index contributed by atoms with van der Waals surface area (Å²) in [6.07, 6.45) is 2.29. The highest BCUT2D eigenvalue weighted by molar-refractivity contribution is 5.90. The van der Waals surface area contributed by atoms with E-state index in [1.165, 1.54) is 6.34 Å². The van der Waals surface area contributed by atoms with E-state index in [0.29, 0.717) is 5.56 Å². The van der Waals surface area contributed by atoms with E-state index in [4.69, 9.17) is 4.74 Å². The van der Waals surface area contributed by atoms with E-state index in [-0.39, 0.29) is 11.8 Å². The Morgan fingerprint density at radius 1 is 1.33 bits per heavy atom. The number of esters is 1. The van der Waals surface area contributed by atoms with Crippen LogP contribution in [0.3, 0.4) is 0 Å². The summed E-state index contributed by atoms with van der Waals surface area (Å²) in [6, 6.07) is 8.12. The third kappa shape index (κ3) is 4.07. The molecular weight excluding hydrogens is 275 g/mol. The number of hydrogen-bond acceptors (Lipinski definition) is 5. The first-order chi connectivity index (χ1) is 10.1. The van der Waals surface area contributed by atoms with Gasteiger partial charge in [0.1, 0.15) is 0 Å². The van der Waals surface area contributed by atoms with Crippen molar-refractivity contribution in [1.29, 1.82) is 0 Å². The van der Waals surface area contributed by atoms with Crippen LogP contribution in [-0.4, -0.2) is 41.3 Å². The van der Waals surface area contributed by atoms with Crippen LogP contribution >= 0.6 is 0 Å². The van der Waals surface area contributed by atoms with Crippen LogP contribution in [-0.2, 0) is 0 Å². The molecule has 0 aliphatic rings. The summed E-state index contributed by atoms with van der Waals surface area (Å²) in [7, 11) is 3.47. The minimum atomic E-state index is -0.701. The lowest BCUT2D eigenvalue weighted by Crippen LogP contribution is -2.11. The van der Waals surface area contributed by atoms with Gasteiger partial charge in [0.05, 0.1) is 18.1 Å². The maximum Gasteiger partial charge on any atom is 0.345 e. The number of nitrogens with zero attached hydrogens (tertiary/aromatic N) is 4. The lowest BCUT2D eigenvalue weighted by Gasteiger charge is -2.04. The third-order valence-electron chi connectivity index (χ3n) is 2.31. The maximum absolute atomic E-state index is 13.5. The summed E-state index contributed by atoms with van der Waals surface area (Å²) in [5.41, 5.74) is 0.351. The highest BCUT2D eigenvalue weighted by atomic mass is 19.1. The molecule has 108 valence electrons. The molecule has 0 spiro atoms. The van der Waals surface area contributed by atoms with Gasteiger partial charge in [-0.1, -0.05) is 18.2 Å². The van der Waals surface area contributed by atoms with E-state index in [2.05, 4.69) is 15.0 Å². The zero-order valence-corrected chi connectivity index (χ0v) is 11.5. The van der Waals surface area contributed by atoms with E-state index < -0.39 is 11.8 Å². The molecule has 0 bridgehead atoms. The Morgan fingerprint density at radius 3 is 2.71 bits per heavy atom. The monoisotopic (exact) mass is 288 g/mol. The predicted molar refractivity (Wildman–Crippen MR) is 75.2 cm³/mol. The van der Waals surface area contributed by atoms with Crippen LogP contribution < -0.4 is 4.74 Å². The Morgan fingerprint density at radius 2 is 2.05 bits per heavy atom. The standard InChI is InChI=1S/C14H13FN4O2/c1-19(2)9-17-12-11(15)8-16-14(18-12)21-13(20)10-6-4-3-5-7-10/h3-9H,1-2H3/b17-9+. The topological polar surface area (TPSA) is 67.7 Å². The fourth-order valence-corrected chi connectivity index (χ4v) is 1.37. The van der Waals surface area contributed by atoms with Crippen molar-refractivity contribution in [2.75, 3.05) is 14.1 Å². The fraction of sp³-hybridized carbons (Fsp3) is 0.143. The Balaban J connectivity index is 2.18. The molecule has 0 radical (unpaired) electrons. The first-order valence-corrected chi connectivity index (χ1v) is 6.06. The summed E-state index contributed by atoms with van der Waals surface area (Å²) in [4.78, 5) is 24.7. The lowest BCUT2D eigenvalue weighted by molar-refractivity contribution is 0.0719. The van der Waals surface area contributed by atoms with Gasteiger partial charge in [0.2, 0.25) is 0 Å². The SMILES string of the molecule is CN(C)/C=N/c1nc(OC(=O)c2ccccc2)ncc1F. The van der Waals surface area contributed by atoms with Crippen molar-refractivity contribution >= 4 is 18.1 Å². The van der Waals surface area contributed by atoms with Gasteiger partial charge in [0, 0.05) is 14.1 Å². The van der Waals surface area contributed by atoms with Gasteiger partial charge in [0.25, 0.3) is 0 Å². The molecule has 0 unspecified atom stereocenters. The third-order valence-corrected chi connectivity index (χ3v) is 2.31. The Bertz CT molecular complexity index is 659. The largest absolute Gasteiger partial charge is 0.387 e. The number of carbonyl (C=O) groups excluding carboxylic acids is 1. The number of hydrogen-bond donors (Lipinski definition) is 0. The lowest BCUT2D eigenvalue weighted by atomic mass is 10.2. The smallest absolute Gasteiger partial charge is 0.345 e. The maximum atomic E-state index is 13.5. The number of carbonyl (C=O) groups is 1. The number of aliphatic imine (C=N–C) groups is 1. The molecule has 0 fully saturated rings. The van der Waals surface area contributed by atoms with Crippen molar-refractivity contribution < 1.29 is 13.9 Å². The van der Waals surface area contributed by atoms with Crippen LogP contribution in [0.5, 0.6) is 6.01 Å². The number of halogens is 1. The molecule has 0 N–H and O–H groups in total. The van der Waals surface area contributed by atoms with Crippen LogP contribution in [0.1, 0.15) is 10.4 Å². The summed E-state index contributed by atoms with van der Waals surface area (Å²) >= 11 is 0. The van der Waals surface area contributed by atoms with Gasteiger partial charge in [-0.3, -0.25) is 0 Å². The van der Waals surface area contributed by atoms with E-state index in [1.54, 1.807) is 49.3 Å². The quantitative estimate of drug-likeness (QED) is 0.489. The van der Waals surface area contributed by atoms with Crippen molar-refractivity contribution in [3.8, 4) is 6.01 Å². The molecule has 21 heavy (non-hydrogen) atoms. The number of ether oxygens (including phenoxy) is 1. The highest BCUT2D eigenvalue weighted by Gasteiger charge is 2.12. The number of rotatable bonds is 4. The molecule has 1 heterocycles. The molecule has 0 saturated carbocycles. The molecule has 0 aliphatic heterocycles. The van der Waals surface area contributed by atoms with Crippen LogP contribution in [0.15, 0.2) is 41.5 Å². The second-order valence-electron chi connectivity index (χ2n) is 4.29. The molecule has 0 aliphatic carbocycles. The average Bonchev–Trinajstić information content (AvgIpc) is 2.48. The molecular formula is C14H13FN4O2. The number of aromatic nitrogens is 2. The van der Waals surface area contributed by atoms with Gasteiger partial charge in [-0.25, -0.2) is 19.2 Å². The predicted octanol–water partition coefficient (Wildman–Crippen LogP) is 2.06. The van der Waals surface area contributed by atoms with Gasteiger partial charge in [-0.05, 0) is 12.1 Å². The zero-order chi connectivity index (χ0) is 15.2. The van der Waals surface area contributed by atoms with Crippen molar-refractivity contribution in [2.24, 2.45) is 4.99 Å². The first-order valence-electron chi connectivity index (χ1n) is 6.06. The molecule has 1 aromatic heterocycles. The minimum Gasteiger partial charge on any atom is -0.387 e. The van der Waals surface area contributed by atoms with Gasteiger partial charge in [0.15, 0.2) is 11.6 Å². The van der Waals surface area contributed by atoms with Crippen molar-refractivity contribution in [3.05, 3.63) is 47.9 Å². The summed E-state index contributed by atoms with van der Waals surface area (Å²) < 4.78 is 18.5. The minimum absolute atomic E-state index is 0.199. The Kier molecular flexibility index (Phi) is 4.55. The van der Waals surface area contributed by atoms with Gasteiger partial charge >= 0.3 is 12.0 Å². The van der Waals surface area contributed by atoms with Crippen LogP contribution in [0.25, 0.3) is 0 Å². The van der Waals surface area contributed by atoms with Crippen LogP contribution in [0.4, 0.5) is 10.2 Å². The van der Waals surface area contributed by atoms with Crippen molar-refractivity contribution in [2.45, 2.75) is 0 Å². The van der Waals surface area contributed by atoms with E-state index in [9.17, 15) is 9.18 Å². The summed E-state index contributed by atoms with van der Waals surface area (Å²) in [6.45, 7) is 0. The Hall–Kier alpha value is -2.83. The zero-order valence-electron chi connectivity index (χ0n) is 11.5. The van der Waals surface area contributed by atoms with Crippen LogP contribution in [0, 0.1) is 5.82 Å². The van der Waals surface area contributed by atoms with Crippen LogP contribution in [0.2, 0.25) is 0 Å². The normalized spacial score (nSPS) is 10.6. The average molecular weight is 288 g/mol. The summed E-state index contributed by atoms with van der Waals surface area (Å²) in [5, 5.41) is 0.